The Hall–Kier alpha value is -0.160. The van der Waals surface area contributed by atoms with E-state index in [9.17, 15) is 15.4 Å². The largest absolute Gasteiger partial charge is 0.341 e. The Balaban J connectivity index is 3.94. The lowest BCUT2D eigenvalue weighted by molar-refractivity contribution is -1.17. The van der Waals surface area contributed by atoms with Gasteiger partial charge in [-0.25, -0.2) is 5.21 Å². The molecule has 0 aromatic rings. The Morgan fingerprint density at radius 1 is 0.824 bits per heavy atom. The topological polar surface area (TPSA) is 60.7 Å². The van der Waals surface area contributed by atoms with Gasteiger partial charge in [0.15, 0.2) is 0 Å². The smallest absolute Gasteiger partial charge is 0.317 e. The quantitative estimate of drug-likeness (QED) is 0.241. The van der Waals surface area contributed by atoms with Gasteiger partial charge in [0.1, 0.15) is 13.1 Å². The number of nitrogens with zero attached hydrogens (tertiary/aromatic N) is 1. The summed E-state index contributed by atoms with van der Waals surface area (Å²) in [6.45, 7) is 6.14. The molecule has 0 saturated heterocycles. The maximum atomic E-state index is 10.2. The fraction of sp³-hybridized carbons (Fsp3) is 1.00. The number of rotatable bonds is 10. The maximum Gasteiger partial charge on any atom is 0.341 e. The number of quaternary nitrogens is 1. The second kappa shape index (κ2) is 8.03. The summed E-state index contributed by atoms with van der Waals surface area (Å²) in [5, 5.41) is 29.4. The summed E-state index contributed by atoms with van der Waals surface area (Å²) in [7, 11) is 0. The average molecular weight is 248 g/mol. The standard InChI is InChI=1S/C13H30NO3/c1-4-6-7-8-9-10-12-14(17,11-5-2)13(3,15)16/h15-17H,4-12H2,1-3H3/q+1. The monoisotopic (exact) mass is 248 g/mol. The molecule has 0 rings (SSSR count). The van der Waals surface area contributed by atoms with Crippen LogP contribution in [0.25, 0.3) is 0 Å². The zero-order valence-electron chi connectivity index (χ0n) is 11.7. The van der Waals surface area contributed by atoms with E-state index in [0.29, 0.717) is 13.1 Å². The summed E-state index contributed by atoms with van der Waals surface area (Å²) in [5.74, 6) is -2.06. The van der Waals surface area contributed by atoms with Crippen LogP contribution in [0.1, 0.15) is 65.7 Å². The molecule has 0 aliphatic carbocycles. The number of hydrogen-bond donors (Lipinski definition) is 3. The van der Waals surface area contributed by atoms with E-state index < -0.39 is 10.6 Å². The van der Waals surface area contributed by atoms with E-state index >= 15 is 0 Å². The molecule has 1 unspecified atom stereocenters. The minimum atomic E-state index is -2.06. The van der Waals surface area contributed by atoms with Crippen LogP contribution in [0.15, 0.2) is 0 Å². The summed E-state index contributed by atoms with van der Waals surface area (Å²) >= 11 is 0. The molecule has 1 atom stereocenters. The Morgan fingerprint density at radius 3 is 1.82 bits per heavy atom. The fourth-order valence-electron chi connectivity index (χ4n) is 2.06. The van der Waals surface area contributed by atoms with Crippen LogP contribution >= 0.6 is 0 Å². The van der Waals surface area contributed by atoms with Gasteiger partial charge >= 0.3 is 5.91 Å². The molecular weight excluding hydrogens is 218 g/mol. The van der Waals surface area contributed by atoms with Crippen molar-refractivity contribution in [1.29, 1.82) is 0 Å². The molecule has 0 spiro atoms. The van der Waals surface area contributed by atoms with Crippen molar-refractivity contribution < 1.29 is 20.1 Å². The second-order valence-electron chi connectivity index (χ2n) is 5.11. The van der Waals surface area contributed by atoms with Crippen LogP contribution in [0.3, 0.4) is 0 Å². The number of aliphatic hydroxyl groups is 2. The van der Waals surface area contributed by atoms with Crippen LogP contribution in [0.5, 0.6) is 0 Å². The first-order valence-corrected chi connectivity index (χ1v) is 6.92. The number of hydrogen-bond acceptors (Lipinski definition) is 3. The van der Waals surface area contributed by atoms with Crippen LogP contribution in [-0.2, 0) is 0 Å². The van der Waals surface area contributed by atoms with Crippen molar-refractivity contribution in [3.63, 3.8) is 0 Å². The summed E-state index contributed by atoms with van der Waals surface area (Å²) in [5.41, 5.74) is 0. The Kier molecular flexibility index (Phi) is 7.96. The highest BCUT2D eigenvalue weighted by atomic mass is 16.7. The van der Waals surface area contributed by atoms with Gasteiger partial charge in [-0.15, -0.1) is 4.65 Å². The van der Waals surface area contributed by atoms with E-state index in [1.54, 1.807) is 0 Å². The zero-order valence-corrected chi connectivity index (χ0v) is 11.7. The van der Waals surface area contributed by atoms with Gasteiger partial charge in [-0.2, -0.15) is 0 Å². The van der Waals surface area contributed by atoms with Crippen LogP contribution in [0, 0.1) is 0 Å². The van der Waals surface area contributed by atoms with Gasteiger partial charge in [-0.3, -0.25) is 0 Å². The van der Waals surface area contributed by atoms with Crippen molar-refractivity contribution in [1.82, 2.24) is 0 Å². The summed E-state index contributed by atoms with van der Waals surface area (Å²) in [4.78, 5) is 0. The zero-order chi connectivity index (χ0) is 13.4. The van der Waals surface area contributed by atoms with Gasteiger partial charge in [0.25, 0.3) is 0 Å². The lowest BCUT2D eigenvalue weighted by atomic mass is 10.1. The molecule has 17 heavy (non-hydrogen) atoms. The molecule has 0 fully saturated rings. The van der Waals surface area contributed by atoms with E-state index in [-0.39, 0.29) is 0 Å². The third-order valence-electron chi connectivity index (χ3n) is 3.26. The molecule has 0 aliphatic rings. The summed E-state index contributed by atoms with van der Waals surface area (Å²) in [6.07, 6.45) is 7.46. The van der Waals surface area contributed by atoms with Crippen molar-refractivity contribution in [3.05, 3.63) is 0 Å². The second-order valence-corrected chi connectivity index (χ2v) is 5.11. The highest BCUT2D eigenvalue weighted by Crippen LogP contribution is 2.19. The third-order valence-corrected chi connectivity index (χ3v) is 3.26. The molecule has 0 aliphatic heterocycles. The van der Waals surface area contributed by atoms with Gasteiger partial charge in [0, 0.05) is 0 Å². The highest BCUT2D eigenvalue weighted by Gasteiger charge is 2.43. The minimum Gasteiger partial charge on any atom is -0.317 e. The van der Waals surface area contributed by atoms with Crippen molar-refractivity contribution in [2.75, 3.05) is 13.1 Å². The van der Waals surface area contributed by atoms with Crippen LogP contribution < -0.4 is 0 Å². The van der Waals surface area contributed by atoms with Gasteiger partial charge in [0.2, 0.25) is 0 Å². The van der Waals surface area contributed by atoms with Gasteiger partial charge in [-0.1, -0.05) is 39.5 Å². The average Bonchev–Trinajstić information content (AvgIpc) is 2.22. The fourth-order valence-corrected chi connectivity index (χ4v) is 2.06. The lowest BCUT2D eigenvalue weighted by Gasteiger charge is -2.37. The van der Waals surface area contributed by atoms with Gasteiger partial charge in [-0.05, 0) is 19.3 Å². The highest BCUT2D eigenvalue weighted by molar-refractivity contribution is 4.47. The molecule has 3 N–H and O–H groups in total. The van der Waals surface area contributed by atoms with Gasteiger partial charge in [0.05, 0.1) is 6.92 Å². The predicted octanol–water partition coefficient (Wildman–Crippen LogP) is 2.62. The first-order valence-electron chi connectivity index (χ1n) is 6.92. The van der Waals surface area contributed by atoms with E-state index in [0.717, 1.165) is 25.7 Å². The van der Waals surface area contributed by atoms with Crippen molar-refractivity contribution >= 4 is 0 Å². The van der Waals surface area contributed by atoms with Crippen molar-refractivity contribution in [2.45, 2.75) is 71.6 Å². The summed E-state index contributed by atoms with van der Waals surface area (Å²) < 4.78 is -0.655. The van der Waals surface area contributed by atoms with Crippen molar-refractivity contribution in [2.24, 2.45) is 0 Å². The van der Waals surface area contributed by atoms with E-state index in [1.807, 2.05) is 6.92 Å². The van der Waals surface area contributed by atoms with Crippen LogP contribution in [0.4, 0.5) is 0 Å². The van der Waals surface area contributed by atoms with Crippen LogP contribution in [-0.4, -0.2) is 39.1 Å². The molecule has 0 radical (unpaired) electrons. The Labute approximate surface area is 105 Å². The number of hydroxylamine groups is 3. The number of unbranched alkanes of at least 4 members (excludes halogenated alkanes) is 5. The normalized spacial score (nSPS) is 15.9. The minimum absolute atomic E-state index is 0.373. The maximum absolute atomic E-state index is 10.2. The van der Waals surface area contributed by atoms with E-state index in [1.165, 1.54) is 26.2 Å². The molecule has 0 aromatic carbocycles. The molecule has 0 heterocycles. The van der Waals surface area contributed by atoms with Crippen molar-refractivity contribution in [3.8, 4) is 0 Å². The predicted molar refractivity (Wildman–Crippen MR) is 68.3 cm³/mol. The summed E-state index contributed by atoms with van der Waals surface area (Å²) in [6, 6.07) is 0. The molecule has 4 nitrogen and oxygen atoms in total. The lowest BCUT2D eigenvalue weighted by Crippen LogP contribution is -2.61. The van der Waals surface area contributed by atoms with Crippen LogP contribution in [0.2, 0.25) is 0 Å². The third kappa shape index (κ3) is 6.36. The molecule has 104 valence electrons. The molecule has 0 amide bonds. The molecular formula is C13H30NO3+. The first-order chi connectivity index (χ1) is 7.87. The Bertz CT molecular complexity index is 192. The molecule has 0 aromatic heterocycles. The Morgan fingerprint density at radius 2 is 1.35 bits per heavy atom. The van der Waals surface area contributed by atoms with E-state index in [4.69, 9.17) is 0 Å². The SMILES string of the molecule is CCCCCCCC[N+](O)(CCC)C(C)(O)O. The molecule has 4 heteroatoms. The van der Waals surface area contributed by atoms with Gasteiger partial charge < -0.3 is 10.2 Å². The first kappa shape index (κ1) is 16.8. The molecule has 0 bridgehead atoms. The van der Waals surface area contributed by atoms with E-state index in [2.05, 4.69) is 6.92 Å². The molecule has 0 saturated carbocycles.